The van der Waals surface area contributed by atoms with Crippen LogP contribution in [0.25, 0.3) is 0 Å². The van der Waals surface area contributed by atoms with Crippen molar-refractivity contribution in [3.05, 3.63) is 42.0 Å². The predicted molar refractivity (Wildman–Crippen MR) is 76.1 cm³/mol. The second-order valence-corrected chi connectivity index (χ2v) is 4.75. The van der Waals surface area contributed by atoms with Crippen molar-refractivity contribution in [3.8, 4) is 11.5 Å². The Morgan fingerprint density at radius 1 is 1.30 bits per heavy atom. The second-order valence-electron chi connectivity index (χ2n) is 4.75. The molecule has 5 nitrogen and oxygen atoms in total. The fraction of sp³-hybridized carbons (Fsp3) is 0.400. The van der Waals surface area contributed by atoms with Crippen molar-refractivity contribution in [1.82, 2.24) is 15.3 Å². The Kier molecular flexibility index (Phi) is 3.87. The first-order valence-corrected chi connectivity index (χ1v) is 6.98. The standard InChI is InChI=1S/C15H19N3O2/c1-2-16-12(10-15-17-5-6-18-15)11-3-4-13-14(9-11)20-8-7-19-13/h3-6,9,12,16H,2,7-8,10H2,1H3,(H,17,18). The van der Waals surface area contributed by atoms with Crippen LogP contribution in [0.5, 0.6) is 11.5 Å². The number of aromatic nitrogens is 2. The summed E-state index contributed by atoms with van der Waals surface area (Å²) < 4.78 is 11.2. The van der Waals surface area contributed by atoms with E-state index in [1.165, 1.54) is 5.56 Å². The third kappa shape index (κ3) is 2.77. The van der Waals surface area contributed by atoms with Crippen LogP contribution in [0.2, 0.25) is 0 Å². The molecule has 20 heavy (non-hydrogen) atoms. The van der Waals surface area contributed by atoms with E-state index in [4.69, 9.17) is 9.47 Å². The highest BCUT2D eigenvalue weighted by Gasteiger charge is 2.17. The molecule has 3 rings (SSSR count). The fourth-order valence-corrected chi connectivity index (χ4v) is 2.43. The zero-order valence-electron chi connectivity index (χ0n) is 11.6. The summed E-state index contributed by atoms with van der Waals surface area (Å²) in [5.41, 5.74) is 1.19. The lowest BCUT2D eigenvalue weighted by Crippen LogP contribution is -2.24. The summed E-state index contributed by atoms with van der Waals surface area (Å²) in [6.45, 7) is 4.24. The minimum Gasteiger partial charge on any atom is -0.486 e. The summed E-state index contributed by atoms with van der Waals surface area (Å²) in [6, 6.07) is 6.34. The maximum atomic E-state index is 5.65. The van der Waals surface area contributed by atoms with Gasteiger partial charge in [-0.15, -0.1) is 0 Å². The van der Waals surface area contributed by atoms with Gasteiger partial charge in [0, 0.05) is 24.9 Å². The Bertz CT molecular complexity index is 554. The number of hydrogen-bond donors (Lipinski definition) is 2. The Morgan fingerprint density at radius 2 is 2.15 bits per heavy atom. The Balaban J connectivity index is 1.83. The van der Waals surface area contributed by atoms with E-state index in [1.54, 1.807) is 6.20 Å². The quantitative estimate of drug-likeness (QED) is 0.875. The van der Waals surface area contributed by atoms with E-state index < -0.39 is 0 Å². The molecule has 2 N–H and O–H groups in total. The highest BCUT2D eigenvalue weighted by molar-refractivity contribution is 5.44. The first kappa shape index (κ1) is 13.0. The van der Waals surface area contributed by atoms with E-state index in [-0.39, 0.29) is 6.04 Å². The predicted octanol–water partition coefficient (Wildman–Crippen LogP) is 2.07. The van der Waals surface area contributed by atoms with Crippen LogP contribution in [0.4, 0.5) is 0 Å². The third-order valence-corrected chi connectivity index (χ3v) is 3.37. The van der Waals surface area contributed by atoms with Gasteiger partial charge in [0.05, 0.1) is 0 Å². The minimum atomic E-state index is 0.210. The molecule has 106 valence electrons. The van der Waals surface area contributed by atoms with Gasteiger partial charge in [0.25, 0.3) is 0 Å². The van der Waals surface area contributed by atoms with E-state index in [2.05, 4.69) is 34.3 Å². The Morgan fingerprint density at radius 3 is 2.90 bits per heavy atom. The Labute approximate surface area is 118 Å². The fourth-order valence-electron chi connectivity index (χ4n) is 2.43. The first-order valence-electron chi connectivity index (χ1n) is 6.98. The number of imidazole rings is 1. The van der Waals surface area contributed by atoms with E-state index in [9.17, 15) is 0 Å². The second kappa shape index (κ2) is 5.96. The normalized spacial score (nSPS) is 15.1. The van der Waals surface area contributed by atoms with Crippen LogP contribution >= 0.6 is 0 Å². The summed E-state index contributed by atoms with van der Waals surface area (Å²) in [5.74, 6) is 2.63. The number of H-pyrrole nitrogens is 1. The smallest absolute Gasteiger partial charge is 0.161 e. The number of benzene rings is 1. The number of nitrogens with zero attached hydrogens (tertiary/aromatic N) is 1. The average Bonchev–Trinajstić information content (AvgIpc) is 2.99. The van der Waals surface area contributed by atoms with Gasteiger partial charge < -0.3 is 19.8 Å². The van der Waals surface area contributed by atoms with Gasteiger partial charge in [0.15, 0.2) is 11.5 Å². The molecule has 1 atom stereocenters. The van der Waals surface area contributed by atoms with Gasteiger partial charge in [-0.1, -0.05) is 13.0 Å². The topological polar surface area (TPSA) is 59.2 Å². The molecule has 0 spiro atoms. The maximum absolute atomic E-state index is 5.65. The summed E-state index contributed by atoms with van der Waals surface area (Å²) in [7, 11) is 0. The lowest BCUT2D eigenvalue weighted by atomic mass is 10.0. The number of likely N-dealkylation sites (N-methyl/N-ethyl adjacent to an activating group) is 1. The molecule has 1 aromatic heterocycles. The average molecular weight is 273 g/mol. The number of hydrogen-bond acceptors (Lipinski definition) is 4. The molecule has 0 amide bonds. The van der Waals surface area contributed by atoms with Gasteiger partial charge >= 0.3 is 0 Å². The number of ether oxygens (including phenoxy) is 2. The molecule has 1 aromatic carbocycles. The van der Waals surface area contributed by atoms with Gasteiger partial charge in [0.2, 0.25) is 0 Å². The molecule has 2 heterocycles. The Hall–Kier alpha value is -2.01. The van der Waals surface area contributed by atoms with E-state index in [1.807, 2.05) is 12.3 Å². The van der Waals surface area contributed by atoms with Crippen molar-refractivity contribution < 1.29 is 9.47 Å². The highest BCUT2D eigenvalue weighted by atomic mass is 16.6. The zero-order chi connectivity index (χ0) is 13.8. The van der Waals surface area contributed by atoms with Crippen LogP contribution in [0.15, 0.2) is 30.6 Å². The molecule has 1 aliphatic rings. The first-order chi connectivity index (χ1) is 9.86. The summed E-state index contributed by atoms with van der Waals surface area (Å²) in [5, 5.41) is 3.49. The largest absolute Gasteiger partial charge is 0.486 e. The summed E-state index contributed by atoms with van der Waals surface area (Å²) in [4.78, 5) is 7.45. The van der Waals surface area contributed by atoms with Crippen molar-refractivity contribution >= 4 is 0 Å². The highest BCUT2D eigenvalue weighted by Crippen LogP contribution is 2.33. The molecule has 0 fully saturated rings. The van der Waals surface area contributed by atoms with Crippen LogP contribution in [-0.4, -0.2) is 29.7 Å². The van der Waals surface area contributed by atoms with Gasteiger partial charge in [-0.3, -0.25) is 0 Å². The number of nitrogens with one attached hydrogen (secondary N) is 2. The van der Waals surface area contributed by atoms with Crippen molar-refractivity contribution in [2.45, 2.75) is 19.4 Å². The van der Waals surface area contributed by atoms with Crippen molar-refractivity contribution in [1.29, 1.82) is 0 Å². The molecule has 1 aliphatic heterocycles. The number of fused-ring (bicyclic) bond motifs is 1. The van der Waals surface area contributed by atoms with Crippen LogP contribution < -0.4 is 14.8 Å². The molecule has 1 unspecified atom stereocenters. The van der Waals surface area contributed by atoms with Crippen molar-refractivity contribution in [2.24, 2.45) is 0 Å². The zero-order valence-corrected chi connectivity index (χ0v) is 11.6. The molecular weight excluding hydrogens is 254 g/mol. The lowest BCUT2D eigenvalue weighted by molar-refractivity contribution is 0.171. The van der Waals surface area contributed by atoms with Crippen molar-refractivity contribution in [2.75, 3.05) is 19.8 Å². The van der Waals surface area contributed by atoms with Gasteiger partial charge in [-0.05, 0) is 24.2 Å². The third-order valence-electron chi connectivity index (χ3n) is 3.37. The van der Waals surface area contributed by atoms with Gasteiger partial charge in [0.1, 0.15) is 19.0 Å². The van der Waals surface area contributed by atoms with Crippen LogP contribution in [0.3, 0.4) is 0 Å². The van der Waals surface area contributed by atoms with Gasteiger partial charge in [-0.2, -0.15) is 0 Å². The van der Waals surface area contributed by atoms with E-state index >= 15 is 0 Å². The molecule has 2 aromatic rings. The molecule has 0 saturated carbocycles. The molecule has 0 radical (unpaired) electrons. The maximum Gasteiger partial charge on any atom is 0.161 e. The molecular formula is C15H19N3O2. The summed E-state index contributed by atoms with van der Waals surface area (Å²) in [6.07, 6.45) is 4.45. The minimum absolute atomic E-state index is 0.210. The summed E-state index contributed by atoms with van der Waals surface area (Å²) >= 11 is 0. The molecule has 0 aliphatic carbocycles. The van der Waals surface area contributed by atoms with Crippen LogP contribution in [0.1, 0.15) is 24.4 Å². The SMILES string of the molecule is CCNC(Cc1ncc[nH]1)c1ccc2c(c1)OCCO2. The lowest BCUT2D eigenvalue weighted by Gasteiger charge is -2.22. The monoisotopic (exact) mass is 273 g/mol. The van der Waals surface area contributed by atoms with Crippen LogP contribution in [-0.2, 0) is 6.42 Å². The number of aromatic amines is 1. The molecule has 5 heteroatoms. The van der Waals surface area contributed by atoms with Gasteiger partial charge in [-0.25, -0.2) is 4.98 Å². The van der Waals surface area contributed by atoms with E-state index in [0.29, 0.717) is 13.2 Å². The molecule has 0 saturated heterocycles. The van der Waals surface area contributed by atoms with E-state index in [0.717, 1.165) is 30.3 Å². The molecule has 0 bridgehead atoms. The van der Waals surface area contributed by atoms with Crippen LogP contribution in [0, 0.1) is 0 Å². The van der Waals surface area contributed by atoms with Crippen molar-refractivity contribution in [3.63, 3.8) is 0 Å². The number of rotatable bonds is 5.